The molecule has 0 aliphatic carbocycles. The Hall–Kier alpha value is -1.96. The van der Waals surface area contributed by atoms with Crippen molar-refractivity contribution >= 4 is 17.3 Å². The molecule has 28 heavy (non-hydrogen) atoms. The van der Waals surface area contributed by atoms with E-state index in [1.54, 1.807) is 23.5 Å². The van der Waals surface area contributed by atoms with Crippen LogP contribution in [0.25, 0.3) is 0 Å². The Morgan fingerprint density at radius 1 is 1.32 bits per heavy atom. The van der Waals surface area contributed by atoms with E-state index in [2.05, 4.69) is 51.9 Å². The van der Waals surface area contributed by atoms with E-state index in [1.807, 2.05) is 0 Å². The largest absolute Gasteiger partial charge is 0.376 e. The van der Waals surface area contributed by atoms with Crippen LogP contribution in [0, 0.1) is 5.82 Å². The standard InChI is InChI=1S/C21H29FN4OS/c1-3-23-21(24-13-17-6-8-18(22)9-7-17)25-14-19(20-5-4-12-28-20)26-10-11-27-16(2)15-26/h4-9,12,16,19H,3,10-11,13-15H2,1-2H3,(H2,23,24,25). The van der Waals surface area contributed by atoms with Crippen LogP contribution < -0.4 is 10.6 Å². The van der Waals surface area contributed by atoms with E-state index >= 15 is 0 Å². The van der Waals surface area contributed by atoms with Crippen LogP contribution in [0.1, 0.15) is 30.3 Å². The summed E-state index contributed by atoms with van der Waals surface area (Å²) in [7, 11) is 0. The predicted octanol–water partition coefficient (Wildman–Crippen LogP) is 3.40. The summed E-state index contributed by atoms with van der Waals surface area (Å²) < 4.78 is 18.8. The molecule has 152 valence electrons. The molecule has 2 atom stereocenters. The minimum absolute atomic E-state index is 0.226. The first kappa shape index (κ1) is 20.8. The monoisotopic (exact) mass is 404 g/mol. The van der Waals surface area contributed by atoms with Crippen LogP contribution in [0.4, 0.5) is 4.39 Å². The fraction of sp³-hybridized carbons (Fsp3) is 0.476. The molecule has 7 heteroatoms. The zero-order chi connectivity index (χ0) is 19.8. The van der Waals surface area contributed by atoms with Crippen molar-refractivity contribution in [2.75, 3.05) is 32.8 Å². The molecule has 3 rings (SSSR count). The predicted molar refractivity (Wildman–Crippen MR) is 113 cm³/mol. The third kappa shape index (κ3) is 6.02. The fourth-order valence-corrected chi connectivity index (χ4v) is 4.18. The van der Waals surface area contributed by atoms with E-state index in [4.69, 9.17) is 4.74 Å². The number of benzene rings is 1. The molecule has 1 aromatic heterocycles. The number of guanidine groups is 1. The van der Waals surface area contributed by atoms with E-state index in [9.17, 15) is 4.39 Å². The van der Waals surface area contributed by atoms with Crippen molar-refractivity contribution in [1.82, 2.24) is 15.5 Å². The van der Waals surface area contributed by atoms with Crippen molar-refractivity contribution in [1.29, 1.82) is 0 Å². The van der Waals surface area contributed by atoms with Crippen molar-refractivity contribution < 1.29 is 9.13 Å². The first-order chi connectivity index (χ1) is 13.7. The second kappa shape index (κ2) is 10.5. The number of rotatable bonds is 7. The number of nitrogens with one attached hydrogen (secondary N) is 2. The zero-order valence-corrected chi connectivity index (χ0v) is 17.3. The van der Waals surface area contributed by atoms with Gasteiger partial charge in [-0.05, 0) is 43.0 Å². The van der Waals surface area contributed by atoms with Gasteiger partial charge in [0.05, 0.1) is 25.3 Å². The van der Waals surface area contributed by atoms with Crippen molar-refractivity contribution in [3.05, 3.63) is 58.0 Å². The number of hydrogen-bond donors (Lipinski definition) is 2. The first-order valence-corrected chi connectivity index (χ1v) is 10.7. The highest BCUT2D eigenvalue weighted by molar-refractivity contribution is 7.10. The third-order valence-electron chi connectivity index (χ3n) is 4.72. The number of aliphatic imine (C=N–C) groups is 1. The summed E-state index contributed by atoms with van der Waals surface area (Å²) in [5.74, 6) is 0.547. The number of halogens is 1. The highest BCUT2D eigenvalue weighted by Gasteiger charge is 2.26. The van der Waals surface area contributed by atoms with Crippen LogP contribution in [-0.4, -0.2) is 49.7 Å². The van der Waals surface area contributed by atoms with E-state index in [1.165, 1.54) is 17.0 Å². The van der Waals surface area contributed by atoms with Gasteiger partial charge in [0.2, 0.25) is 0 Å². The lowest BCUT2D eigenvalue weighted by Gasteiger charge is -2.37. The van der Waals surface area contributed by atoms with Crippen molar-refractivity contribution in [2.24, 2.45) is 4.99 Å². The van der Waals surface area contributed by atoms with Crippen molar-refractivity contribution in [3.63, 3.8) is 0 Å². The Bertz CT molecular complexity index is 735. The van der Waals surface area contributed by atoms with Gasteiger partial charge in [0.15, 0.2) is 5.96 Å². The van der Waals surface area contributed by atoms with Crippen LogP contribution in [0.5, 0.6) is 0 Å². The molecule has 0 radical (unpaired) electrons. The number of morpholine rings is 1. The van der Waals surface area contributed by atoms with Gasteiger partial charge in [-0.3, -0.25) is 4.90 Å². The van der Waals surface area contributed by atoms with Gasteiger partial charge in [-0.25, -0.2) is 9.38 Å². The molecule has 0 bridgehead atoms. The second-order valence-corrected chi connectivity index (χ2v) is 7.89. The first-order valence-electron chi connectivity index (χ1n) is 9.81. The number of hydrogen-bond acceptors (Lipinski definition) is 4. The molecular formula is C21H29FN4OS. The summed E-state index contributed by atoms with van der Waals surface area (Å²) in [5.41, 5.74) is 0.982. The molecule has 1 aliphatic heterocycles. The van der Waals surface area contributed by atoms with E-state index in [0.717, 1.165) is 44.3 Å². The Balaban J connectivity index is 1.66. The van der Waals surface area contributed by atoms with Crippen molar-refractivity contribution in [3.8, 4) is 0 Å². The number of ether oxygens (including phenoxy) is 1. The highest BCUT2D eigenvalue weighted by Crippen LogP contribution is 2.26. The minimum Gasteiger partial charge on any atom is -0.376 e. The SMILES string of the molecule is CCNC(=NCc1ccc(F)cc1)NCC(c1cccs1)N1CCOC(C)C1. The second-order valence-electron chi connectivity index (χ2n) is 6.91. The molecule has 0 amide bonds. The summed E-state index contributed by atoms with van der Waals surface area (Å²) in [6.45, 7) is 8.85. The van der Waals surface area contributed by atoms with Crippen molar-refractivity contribution in [2.45, 2.75) is 32.5 Å². The molecule has 2 heterocycles. The van der Waals surface area contributed by atoms with Gasteiger partial charge in [0, 0.05) is 31.1 Å². The van der Waals surface area contributed by atoms with Gasteiger partial charge in [-0.15, -0.1) is 11.3 Å². The Labute approximate surface area is 170 Å². The summed E-state index contributed by atoms with van der Waals surface area (Å²) in [6, 6.07) is 11.1. The molecular weight excluding hydrogens is 375 g/mol. The lowest BCUT2D eigenvalue weighted by atomic mass is 10.1. The maximum atomic E-state index is 13.1. The van der Waals surface area contributed by atoms with Gasteiger partial charge < -0.3 is 15.4 Å². The maximum absolute atomic E-state index is 13.1. The van der Waals surface area contributed by atoms with Gasteiger partial charge in [0.25, 0.3) is 0 Å². The summed E-state index contributed by atoms with van der Waals surface area (Å²) in [4.78, 5) is 8.49. The molecule has 5 nitrogen and oxygen atoms in total. The maximum Gasteiger partial charge on any atom is 0.191 e. The average Bonchev–Trinajstić information content (AvgIpc) is 3.22. The van der Waals surface area contributed by atoms with E-state index in [0.29, 0.717) is 6.54 Å². The normalized spacial score (nSPS) is 19.4. The molecule has 0 saturated carbocycles. The van der Waals surface area contributed by atoms with Crippen LogP contribution in [-0.2, 0) is 11.3 Å². The smallest absolute Gasteiger partial charge is 0.191 e. The molecule has 1 aromatic carbocycles. The van der Waals surface area contributed by atoms with Crippen LogP contribution in [0.3, 0.4) is 0 Å². The summed E-state index contributed by atoms with van der Waals surface area (Å²) in [6.07, 6.45) is 0.247. The quantitative estimate of drug-likeness (QED) is 0.549. The molecule has 1 aliphatic rings. The van der Waals surface area contributed by atoms with Gasteiger partial charge in [-0.1, -0.05) is 18.2 Å². The van der Waals surface area contributed by atoms with Crippen LogP contribution in [0.2, 0.25) is 0 Å². The van der Waals surface area contributed by atoms with Gasteiger partial charge in [-0.2, -0.15) is 0 Å². The number of thiophene rings is 1. The van der Waals surface area contributed by atoms with E-state index in [-0.39, 0.29) is 18.0 Å². The fourth-order valence-electron chi connectivity index (χ4n) is 3.31. The Kier molecular flexibility index (Phi) is 7.82. The molecule has 2 aromatic rings. The van der Waals surface area contributed by atoms with Gasteiger partial charge in [0.1, 0.15) is 5.82 Å². The average molecular weight is 405 g/mol. The zero-order valence-electron chi connectivity index (χ0n) is 16.5. The molecule has 2 unspecified atom stereocenters. The topological polar surface area (TPSA) is 48.9 Å². The number of nitrogens with zero attached hydrogens (tertiary/aromatic N) is 2. The lowest BCUT2D eigenvalue weighted by molar-refractivity contribution is -0.0334. The van der Waals surface area contributed by atoms with Crippen LogP contribution in [0.15, 0.2) is 46.8 Å². The molecule has 1 saturated heterocycles. The molecule has 0 spiro atoms. The highest BCUT2D eigenvalue weighted by atomic mass is 32.1. The lowest BCUT2D eigenvalue weighted by Crippen LogP contribution is -2.48. The van der Waals surface area contributed by atoms with Gasteiger partial charge >= 0.3 is 0 Å². The Morgan fingerprint density at radius 2 is 2.14 bits per heavy atom. The minimum atomic E-state index is -0.226. The summed E-state index contributed by atoms with van der Waals surface area (Å²) in [5, 5.41) is 8.92. The molecule has 1 fully saturated rings. The van der Waals surface area contributed by atoms with E-state index < -0.39 is 0 Å². The summed E-state index contributed by atoms with van der Waals surface area (Å²) >= 11 is 1.78. The third-order valence-corrected chi connectivity index (χ3v) is 5.70. The van der Waals surface area contributed by atoms with Crippen LogP contribution >= 0.6 is 11.3 Å². The Morgan fingerprint density at radius 3 is 2.82 bits per heavy atom. The molecule has 2 N–H and O–H groups in total.